The maximum Gasteiger partial charge on any atom is 0.305 e. The molecule has 0 aromatic heterocycles. The fourth-order valence-electron chi connectivity index (χ4n) is 2.73. The normalized spacial score (nSPS) is 15.2. The quantitative estimate of drug-likeness (QED) is 0.275. The largest absolute Gasteiger partial charge is 0.490 e. The number of ether oxygens (including phenoxy) is 3. The zero-order valence-corrected chi connectivity index (χ0v) is 19.6. The minimum absolute atomic E-state index is 0.148. The summed E-state index contributed by atoms with van der Waals surface area (Å²) in [5.41, 5.74) is 0.838. The van der Waals surface area contributed by atoms with Gasteiger partial charge in [0, 0.05) is 13.0 Å². The third-order valence-corrected chi connectivity index (χ3v) is 5.76. The second-order valence-corrected chi connectivity index (χ2v) is 8.86. The summed E-state index contributed by atoms with van der Waals surface area (Å²) < 4.78 is 16.7. The topological polar surface area (TPSA) is 65.1 Å². The lowest BCUT2D eigenvalue weighted by atomic mass is 10.1. The number of methoxy groups -OCH3 is 1. The molecule has 1 aliphatic rings. The van der Waals surface area contributed by atoms with Gasteiger partial charge in [0.2, 0.25) is 0 Å². The monoisotopic (exact) mass is 451 g/mol. The van der Waals surface area contributed by atoms with Crippen molar-refractivity contribution in [3.8, 4) is 11.5 Å². The molecule has 1 aliphatic heterocycles. The van der Waals surface area contributed by atoms with Crippen LogP contribution in [0, 0.1) is 5.92 Å². The van der Waals surface area contributed by atoms with Gasteiger partial charge < -0.3 is 14.2 Å². The van der Waals surface area contributed by atoms with Crippen molar-refractivity contribution in [2.75, 3.05) is 26.9 Å². The van der Waals surface area contributed by atoms with Gasteiger partial charge in [0.25, 0.3) is 5.91 Å². The Balaban J connectivity index is 2.09. The third-order valence-electron chi connectivity index (χ3n) is 4.38. The summed E-state index contributed by atoms with van der Waals surface area (Å²) >= 11 is 6.60. The molecule has 6 nitrogen and oxygen atoms in total. The zero-order valence-electron chi connectivity index (χ0n) is 17.9. The number of thiocarbonyl (C=S) groups is 1. The summed E-state index contributed by atoms with van der Waals surface area (Å²) in [7, 11) is 1.35. The van der Waals surface area contributed by atoms with E-state index in [4.69, 9.17) is 21.7 Å². The van der Waals surface area contributed by atoms with Crippen LogP contribution in [0.1, 0.15) is 45.6 Å². The van der Waals surface area contributed by atoms with Gasteiger partial charge in [0.05, 0.1) is 25.2 Å². The second-order valence-electron chi connectivity index (χ2n) is 7.18. The molecule has 2 rings (SSSR count). The lowest BCUT2D eigenvalue weighted by Crippen LogP contribution is -2.29. The van der Waals surface area contributed by atoms with Crippen molar-refractivity contribution in [2.24, 2.45) is 5.92 Å². The molecule has 1 heterocycles. The van der Waals surface area contributed by atoms with Gasteiger partial charge in [-0.25, -0.2) is 0 Å². The summed E-state index contributed by atoms with van der Waals surface area (Å²) in [6.45, 7) is 7.77. The minimum atomic E-state index is -0.296. The van der Waals surface area contributed by atoms with Crippen molar-refractivity contribution in [1.82, 2.24) is 4.90 Å². The summed E-state index contributed by atoms with van der Waals surface area (Å²) in [4.78, 5) is 26.1. The molecule has 1 amide bonds. The first-order valence-corrected chi connectivity index (χ1v) is 11.3. The van der Waals surface area contributed by atoms with E-state index in [0.29, 0.717) is 52.8 Å². The Morgan fingerprint density at radius 1 is 1.27 bits per heavy atom. The number of carbonyl (C=O) groups is 2. The molecule has 30 heavy (non-hydrogen) atoms. The Bertz CT molecular complexity index is 807. The molecule has 1 fully saturated rings. The van der Waals surface area contributed by atoms with Crippen LogP contribution in [0.2, 0.25) is 0 Å². The smallest absolute Gasteiger partial charge is 0.305 e. The van der Waals surface area contributed by atoms with Crippen LogP contribution in [0.4, 0.5) is 0 Å². The van der Waals surface area contributed by atoms with Crippen molar-refractivity contribution in [1.29, 1.82) is 0 Å². The first kappa shape index (κ1) is 24.2. The first-order valence-electron chi connectivity index (χ1n) is 10.1. The molecule has 0 radical (unpaired) electrons. The number of amides is 1. The molecule has 1 saturated heterocycles. The predicted molar refractivity (Wildman–Crippen MR) is 124 cm³/mol. The highest BCUT2D eigenvalue weighted by Crippen LogP contribution is 2.35. The van der Waals surface area contributed by atoms with E-state index >= 15 is 0 Å². The van der Waals surface area contributed by atoms with E-state index in [2.05, 4.69) is 18.6 Å². The van der Waals surface area contributed by atoms with Gasteiger partial charge in [-0.05, 0) is 49.5 Å². The molecule has 1 aromatic rings. The Morgan fingerprint density at radius 3 is 2.70 bits per heavy atom. The minimum Gasteiger partial charge on any atom is -0.490 e. The number of nitrogens with zero attached hydrogens (tertiary/aromatic N) is 1. The van der Waals surface area contributed by atoms with Gasteiger partial charge in [-0.15, -0.1) is 0 Å². The van der Waals surface area contributed by atoms with E-state index in [-0.39, 0.29) is 18.3 Å². The summed E-state index contributed by atoms with van der Waals surface area (Å²) in [6, 6.07) is 5.64. The van der Waals surface area contributed by atoms with Crippen LogP contribution >= 0.6 is 24.0 Å². The van der Waals surface area contributed by atoms with Crippen LogP contribution in [-0.4, -0.2) is 48.0 Å². The SMILES string of the molecule is CCOc1cc(/C=C2/SC(=S)N(CCCC(=O)OC)C2=O)ccc1OCCC(C)C. The van der Waals surface area contributed by atoms with E-state index in [1.165, 1.54) is 23.8 Å². The van der Waals surface area contributed by atoms with Crippen LogP contribution in [0.25, 0.3) is 6.08 Å². The molecule has 0 N–H and O–H groups in total. The van der Waals surface area contributed by atoms with Crippen LogP contribution in [-0.2, 0) is 14.3 Å². The number of hydrogen-bond acceptors (Lipinski definition) is 7. The average molecular weight is 452 g/mol. The predicted octanol–water partition coefficient (Wildman–Crippen LogP) is 4.66. The molecule has 0 aliphatic carbocycles. The van der Waals surface area contributed by atoms with Crippen LogP contribution in [0.15, 0.2) is 23.1 Å². The molecule has 0 atom stereocenters. The zero-order chi connectivity index (χ0) is 22.1. The van der Waals surface area contributed by atoms with Gasteiger partial charge in [0.15, 0.2) is 11.5 Å². The van der Waals surface area contributed by atoms with E-state index in [9.17, 15) is 9.59 Å². The number of esters is 1. The number of benzene rings is 1. The van der Waals surface area contributed by atoms with Crippen molar-refractivity contribution in [3.63, 3.8) is 0 Å². The molecule has 0 unspecified atom stereocenters. The van der Waals surface area contributed by atoms with E-state index < -0.39 is 0 Å². The summed E-state index contributed by atoms with van der Waals surface area (Å²) in [6.07, 6.45) is 3.53. The number of rotatable bonds is 11. The molecular weight excluding hydrogens is 422 g/mol. The first-order chi connectivity index (χ1) is 14.3. The standard InChI is InChI=1S/C22H29NO5S2/c1-5-27-18-13-16(8-9-17(18)28-12-10-15(2)3)14-19-21(25)23(22(29)30-19)11-6-7-20(24)26-4/h8-9,13-15H,5-7,10-12H2,1-4H3/b19-14+. The van der Waals surface area contributed by atoms with Crippen LogP contribution in [0.3, 0.4) is 0 Å². The van der Waals surface area contributed by atoms with Crippen LogP contribution < -0.4 is 9.47 Å². The highest BCUT2D eigenvalue weighted by molar-refractivity contribution is 8.26. The van der Waals surface area contributed by atoms with E-state index in [1.54, 1.807) is 6.08 Å². The van der Waals surface area contributed by atoms with Gasteiger partial charge in [-0.1, -0.05) is 43.9 Å². The van der Waals surface area contributed by atoms with Crippen molar-refractivity contribution < 1.29 is 23.8 Å². The summed E-state index contributed by atoms with van der Waals surface area (Å²) in [5.74, 6) is 1.48. The number of carbonyl (C=O) groups excluding carboxylic acids is 2. The van der Waals surface area contributed by atoms with Crippen molar-refractivity contribution >= 4 is 46.3 Å². The number of thioether (sulfide) groups is 1. The highest BCUT2D eigenvalue weighted by atomic mass is 32.2. The maximum absolute atomic E-state index is 12.7. The molecule has 8 heteroatoms. The average Bonchev–Trinajstić information content (AvgIpc) is 2.96. The van der Waals surface area contributed by atoms with Gasteiger partial charge in [0.1, 0.15) is 4.32 Å². The molecule has 0 saturated carbocycles. The molecular formula is C22H29NO5S2. The Kier molecular flexibility index (Phi) is 9.65. The Morgan fingerprint density at radius 2 is 2.03 bits per heavy atom. The van der Waals surface area contributed by atoms with Crippen LogP contribution in [0.5, 0.6) is 11.5 Å². The third kappa shape index (κ3) is 7.02. The van der Waals surface area contributed by atoms with Gasteiger partial charge in [-0.2, -0.15) is 0 Å². The fraction of sp³-hybridized carbons (Fsp3) is 0.500. The number of hydrogen-bond donors (Lipinski definition) is 0. The van der Waals surface area contributed by atoms with Crippen molar-refractivity contribution in [3.05, 3.63) is 28.7 Å². The van der Waals surface area contributed by atoms with Gasteiger partial charge >= 0.3 is 5.97 Å². The molecule has 164 valence electrons. The lowest BCUT2D eigenvalue weighted by Gasteiger charge is -2.14. The van der Waals surface area contributed by atoms with Crippen molar-refractivity contribution in [2.45, 2.75) is 40.0 Å². The maximum atomic E-state index is 12.7. The highest BCUT2D eigenvalue weighted by Gasteiger charge is 2.31. The lowest BCUT2D eigenvalue weighted by molar-refractivity contribution is -0.141. The Labute approximate surface area is 187 Å². The second kappa shape index (κ2) is 12.0. The molecule has 0 spiro atoms. The Hall–Kier alpha value is -2.06. The van der Waals surface area contributed by atoms with Gasteiger partial charge in [-0.3, -0.25) is 14.5 Å². The molecule has 1 aromatic carbocycles. The fourth-order valence-corrected chi connectivity index (χ4v) is 4.04. The van der Waals surface area contributed by atoms with E-state index in [0.717, 1.165) is 12.0 Å². The summed E-state index contributed by atoms with van der Waals surface area (Å²) in [5, 5.41) is 0. The molecule has 0 bridgehead atoms. The van der Waals surface area contributed by atoms with E-state index in [1.807, 2.05) is 25.1 Å².